The molecule has 0 bridgehead atoms. The number of phenolic OH excluding ortho intramolecular Hbond substituents is 1. The predicted octanol–water partition coefficient (Wildman–Crippen LogP) is 3.53. The van der Waals surface area contributed by atoms with Gasteiger partial charge in [0.25, 0.3) is 0 Å². The molecule has 3 rings (SSSR count). The molecule has 0 fully saturated rings. The van der Waals surface area contributed by atoms with Crippen molar-refractivity contribution in [3.8, 4) is 17.0 Å². The molecule has 0 aliphatic carbocycles. The number of nitrogens with zero attached hydrogens (tertiary/aromatic N) is 1. The van der Waals surface area contributed by atoms with Crippen molar-refractivity contribution >= 4 is 5.69 Å². The molecular weight excluding hydrogens is 269 g/mol. The number of hydrogen-bond donors (Lipinski definition) is 3. The van der Waals surface area contributed by atoms with Gasteiger partial charge >= 0.3 is 0 Å². The number of phenols is 1. The van der Waals surface area contributed by atoms with E-state index in [1.54, 1.807) is 18.3 Å². The lowest BCUT2D eigenvalue weighted by molar-refractivity contribution is 0.427. The number of hydrogen-bond acceptors (Lipinski definition) is 3. The first-order chi connectivity index (χ1) is 10.2. The van der Waals surface area contributed by atoms with Crippen LogP contribution in [0.5, 0.6) is 5.75 Å². The molecule has 0 spiro atoms. The van der Waals surface area contributed by atoms with Crippen molar-refractivity contribution in [1.29, 1.82) is 0 Å². The van der Waals surface area contributed by atoms with Crippen LogP contribution in [0, 0.1) is 5.82 Å². The van der Waals surface area contributed by atoms with Crippen LogP contribution in [0.3, 0.4) is 0 Å². The Bertz CT molecular complexity index is 741. The van der Waals surface area contributed by atoms with Gasteiger partial charge in [-0.25, -0.2) is 4.39 Å². The molecule has 0 unspecified atom stereocenters. The van der Waals surface area contributed by atoms with Crippen molar-refractivity contribution in [3.63, 3.8) is 0 Å². The Kier molecular flexibility index (Phi) is 3.55. The minimum Gasteiger partial charge on any atom is -0.505 e. The number of H-pyrrole nitrogens is 1. The molecule has 0 aliphatic heterocycles. The Morgan fingerprint density at radius 2 is 2.00 bits per heavy atom. The van der Waals surface area contributed by atoms with Gasteiger partial charge in [0.2, 0.25) is 0 Å². The molecule has 5 heteroatoms. The fourth-order valence-electron chi connectivity index (χ4n) is 2.11. The van der Waals surface area contributed by atoms with Gasteiger partial charge in [-0.3, -0.25) is 5.10 Å². The maximum atomic E-state index is 13.3. The third-order valence-electron chi connectivity index (χ3n) is 3.23. The summed E-state index contributed by atoms with van der Waals surface area (Å²) in [4.78, 5) is 0. The van der Waals surface area contributed by atoms with E-state index in [4.69, 9.17) is 0 Å². The molecule has 21 heavy (non-hydrogen) atoms. The summed E-state index contributed by atoms with van der Waals surface area (Å²) in [5.74, 6) is -0.921. The van der Waals surface area contributed by atoms with Crippen molar-refractivity contribution in [2.45, 2.75) is 6.54 Å². The van der Waals surface area contributed by atoms with Crippen molar-refractivity contribution in [1.82, 2.24) is 10.2 Å². The number of benzene rings is 2. The quantitative estimate of drug-likeness (QED) is 0.686. The zero-order valence-electron chi connectivity index (χ0n) is 11.2. The normalized spacial score (nSPS) is 10.5. The molecule has 1 heterocycles. The second-order valence-electron chi connectivity index (χ2n) is 4.65. The van der Waals surface area contributed by atoms with Crippen LogP contribution in [0.25, 0.3) is 11.3 Å². The molecule has 0 aliphatic rings. The van der Waals surface area contributed by atoms with E-state index in [0.717, 1.165) is 16.9 Å². The Hall–Kier alpha value is -2.82. The highest BCUT2D eigenvalue weighted by Crippen LogP contribution is 2.24. The lowest BCUT2D eigenvalue weighted by atomic mass is 10.1. The summed E-state index contributed by atoms with van der Waals surface area (Å²) in [5.41, 5.74) is 3.32. The fourth-order valence-corrected chi connectivity index (χ4v) is 2.11. The SMILES string of the molecule is Oc1c(F)cccc1CNc1cccc(-c2ccn[nH]2)c1. The minimum atomic E-state index is -0.611. The molecule has 3 aromatic rings. The number of anilines is 1. The summed E-state index contributed by atoms with van der Waals surface area (Å²) in [7, 11) is 0. The molecule has 0 saturated heterocycles. The van der Waals surface area contributed by atoms with Gasteiger partial charge in [-0.05, 0) is 24.3 Å². The molecule has 3 N–H and O–H groups in total. The van der Waals surface area contributed by atoms with Crippen LogP contribution in [-0.2, 0) is 6.54 Å². The Balaban J connectivity index is 1.77. The monoisotopic (exact) mass is 283 g/mol. The molecule has 2 aromatic carbocycles. The third kappa shape index (κ3) is 2.86. The zero-order valence-corrected chi connectivity index (χ0v) is 11.2. The lowest BCUT2D eigenvalue weighted by Crippen LogP contribution is -2.00. The standard InChI is InChI=1S/C16H14FN3O/c17-14-6-2-4-12(16(14)21)10-18-13-5-1-3-11(9-13)15-7-8-19-20-15/h1-9,18,21H,10H2,(H,19,20). The van der Waals surface area contributed by atoms with Crippen molar-refractivity contribution in [2.24, 2.45) is 0 Å². The van der Waals surface area contributed by atoms with Crippen LogP contribution in [0.4, 0.5) is 10.1 Å². The first kappa shape index (κ1) is 13.2. The van der Waals surface area contributed by atoms with E-state index in [2.05, 4.69) is 15.5 Å². The van der Waals surface area contributed by atoms with Crippen LogP contribution in [0.2, 0.25) is 0 Å². The summed E-state index contributed by atoms with van der Waals surface area (Å²) in [6.45, 7) is 0.343. The van der Waals surface area contributed by atoms with Crippen LogP contribution < -0.4 is 5.32 Å². The summed E-state index contributed by atoms with van der Waals surface area (Å²) in [6.07, 6.45) is 1.69. The smallest absolute Gasteiger partial charge is 0.165 e. The van der Waals surface area contributed by atoms with Gasteiger partial charge in [0, 0.05) is 29.6 Å². The average Bonchev–Trinajstić information content (AvgIpc) is 3.03. The Morgan fingerprint density at radius 1 is 1.14 bits per heavy atom. The van der Waals surface area contributed by atoms with Crippen LogP contribution in [0.1, 0.15) is 5.56 Å². The van der Waals surface area contributed by atoms with Crippen LogP contribution in [0.15, 0.2) is 54.7 Å². The summed E-state index contributed by atoms with van der Waals surface area (Å²) in [6, 6.07) is 14.1. The second kappa shape index (κ2) is 5.66. The summed E-state index contributed by atoms with van der Waals surface area (Å²) in [5, 5.41) is 19.6. The van der Waals surface area contributed by atoms with Crippen LogP contribution >= 0.6 is 0 Å². The number of aromatic amines is 1. The molecule has 0 amide bonds. The molecule has 0 radical (unpaired) electrons. The highest BCUT2D eigenvalue weighted by molar-refractivity contribution is 5.64. The van der Waals surface area contributed by atoms with E-state index in [1.165, 1.54) is 6.07 Å². The van der Waals surface area contributed by atoms with E-state index in [0.29, 0.717) is 12.1 Å². The molecule has 0 atom stereocenters. The number of nitrogens with one attached hydrogen (secondary N) is 2. The number of halogens is 1. The predicted molar refractivity (Wildman–Crippen MR) is 79.4 cm³/mol. The molecule has 1 aromatic heterocycles. The fraction of sp³-hybridized carbons (Fsp3) is 0.0625. The Morgan fingerprint density at radius 3 is 2.81 bits per heavy atom. The zero-order chi connectivity index (χ0) is 14.7. The van der Waals surface area contributed by atoms with Gasteiger partial charge in [0.05, 0.1) is 5.69 Å². The largest absolute Gasteiger partial charge is 0.505 e. The van der Waals surface area contributed by atoms with Crippen LogP contribution in [-0.4, -0.2) is 15.3 Å². The summed E-state index contributed by atoms with van der Waals surface area (Å²) >= 11 is 0. The molecule has 4 nitrogen and oxygen atoms in total. The minimum absolute atomic E-state index is 0.310. The van der Waals surface area contributed by atoms with E-state index in [9.17, 15) is 9.50 Å². The lowest BCUT2D eigenvalue weighted by Gasteiger charge is -2.09. The van der Waals surface area contributed by atoms with Crippen molar-refractivity contribution < 1.29 is 9.50 Å². The highest BCUT2D eigenvalue weighted by Gasteiger charge is 2.06. The number of rotatable bonds is 4. The van der Waals surface area contributed by atoms with Gasteiger partial charge < -0.3 is 10.4 Å². The van der Waals surface area contributed by atoms with E-state index >= 15 is 0 Å². The number of aromatic hydroxyl groups is 1. The van der Waals surface area contributed by atoms with E-state index in [1.807, 2.05) is 30.3 Å². The first-order valence-corrected chi connectivity index (χ1v) is 6.54. The molecule has 106 valence electrons. The van der Waals surface area contributed by atoms with Crippen molar-refractivity contribution in [2.75, 3.05) is 5.32 Å². The number of aromatic nitrogens is 2. The van der Waals surface area contributed by atoms with Gasteiger partial charge in [-0.15, -0.1) is 0 Å². The topological polar surface area (TPSA) is 60.9 Å². The summed E-state index contributed by atoms with van der Waals surface area (Å²) < 4.78 is 13.3. The first-order valence-electron chi connectivity index (χ1n) is 6.54. The van der Waals surface area contributed by atoms with Gasteiger partial charge in [-0.1, -0.05) is 24.3 Å². The highest BCUT2D eigenvalue weighted by atomic mass is 19.1. The van der Waals surface area contributed by atoms with Crippen molar-refractivity contribution in [3.05, 3.63) is 66.1 Å². The average molecular weight is 283 g/mol. The van der Waals surface area contributed by atoms with Gasteiger partial charge in [-0.2, -0.15) is 5.10 Å². The maximum Gasteiger partial charge on any atom is 0.165 e. The third-order valence-corrected chi connectivity index (χ3v) is 3.23. The number of para-hydroxylation sites is 1. The Labute approximate surface area is 121 Å². The van der Waals surface area contributed by atoms with Gasteiger partial charge in [0.1, 0.15) is 0 Å². The maximum absolute atomic E-state index is 13.3. The van der Waals surface area contributed by atoms with Gasteiger partial charge in [0.15, 0.2) is 11.6 Å². The molecular formula is C16H14FN3O. The second-order valence-corrected chi connectivity index (χ2v) is 4.65. The molecule has 0 saturated carbocycles. The van der Waals surface area contributed by atoms with E-state index < -0.39 is 5.82 Å². The van der Waals surface area contributed by atoms with E-state index in [-0.39, 0.29) is 5.75 Å².